The molecule has 5 rings (SSSR count). The van der Waals surface area contributed by atoms with Crippen molar-refractivity contribution in [3.05, 3.63) is 129 Å². The van der Waals surface area contributed by atoms with Crippen LogP contribution in [0.1, 0.15) is 56.6 Å². The average molecular weight is 644 g/mol. The second kappa shape index (κ2) is 13.4. The topological polar surface area (TPSA) is 98.9 Å². The average Bonchev–Trinajstić information content (AvgIpc) is 3.30. The van der Waals surface area contributed by atoms with Crippen molar-refractivity contribution in [1.29, 1.82) is 0 Å². The highest BCUT2D eigenvalue weighted by atomic mass is 35.5. The zero-order valence-corrected chi connectivity index (χ0v) is 27.6. The Hall–Kier alpha value is -4.21. The molecule has 0 aliphatic heterocycles. The van der Waals surface area contributed by atoms with Gasteiger partial charge in [-0.25, -0.2) is 22.9 Å². The molecule has 0 spiro atoms. The van der Waals surface area contributed by atoms with E-state index in [0.29, 0.717) is 30.2 Å². The molecule has 0 fully saturated rings. The van der Waals surface area contributed by atoms with Gasteiger partial charge in [-0.1, -0.05) is 87.0 Å². The molecule has 3 aromatic carbocycles. The van der Waals surface area contributed by atoms with Crippen LogP contribution >= 0.6 is 11.6 Å². The molecule has 10 heteroatoms. The molecule has 0 amide bonds. The van der Waals surface area contributed by atoms with E-state index in [1.807, 2.05) is 37.3 Å². The van der Waals surface area contributed by atoms with Crippen molar-refractivity contribution in [3.8, 4) is 11.3 Å². The second-order valence-corrected chi connectivity index (χ2v) is 14.2. The molecule has 1 N–H and O–H groups in total. The van der Waals surface area contributed by atoms with Crippen molar-refractivity contribution in [2.75, 3.05) is 4.72 Å². The summed E-state index contributed by atoms with van der Waals surface area (Å²) in [7, 11) is -3.80. The molecule has 5 aromatic rings. The van der Waals surface area contributed by atoms with E-state index in [4.69, 9.17) is 16.7 Å². The highest BCUT2D eigenvalue weighted by Crippen LogP contribution is 2.24. The Balaban J connectivity index is 1.20. The number of aromatic nitrogens is 4. The summed E-state index contributed by atoms with van der Waals surface area (Å²) in [6, 6.07) is 27.7. The van der Waals surface area contributed by atoms with E-state index in [1.54, 1.807) is 21.4 Å². The summed E-state index contributed by atoms with van der Waals surface area (Å²) in [5.41, 5.74) is 4.99. The number of anilines is 1. The molecule has 0 bridgehead atoms. The van der Waals surface area contributed by atoms with Gasteiger partial charge in [0, 0.05) is 23.6 Å². The number of hydrogen-bond donors (Lipinski definition) is 1. The maximum atomic E-state index is 13.1. The van der Waals surface area contributed by atoms with Crippen molar-refractivity contribution in [1.82, 2.24) is 19.3 Å². The number of nitrogens with one attached hydrogen (secondary N) is 1. The molecule has 0 aliphatic rings. The van der Waals surface area contributed by atoms with E-state index in [-0.39, 0.29) is 21.8 Å². The molecule has 0 saturated carbocycles. The van der Waals surface area contributed by atoms with Crippen LogP contribution in [-0.2, 0) is 41.4 Å². The van der Waals surface area contributed by atoms with E-state index >= 15 is 0 Å². The smallest absolute Gasteiger partial charge is 0.279 e. The van der Waals surface area contributed by atoms with Gasteiger partial charge in [-0.15, -0.1) is 0 Å². The number of pyridine rings is 1. The number of hydrogen-bond acceptors (Lipinski definition) is 5. The van der Waals surface area contributed by atoms with Gasteiger partial charge < -0.3 is 0 Å². The Morgan fingerprint density at radius 1 is 0.844 bits per heavy atom. The van der Waals surface area contributed by atoms with Gasteiger partial charge in [-0.05, 0) is 78.3 Å². The first-order chi connectivity index (χ1) is 21.4. The zero-order valence-electron chi connectivity index (χ0n) is 26.0. The van der Waals surface area contributed by atoms with Gasteiger partial charge in [-0.2, -0.15) is 5.10 Å². The van der Waals surface area contributed by atoms with Gasteiger partial charge >= 0.3 is 5.69 Å². The monoisotopic (exact) mass is 643 g/mol. The number of aryl methyl sites for hydroxylation is 2. The predicted octanol–water partition coefficient (Wildman–Crippen LogP) is 7.10. The Labute approximate surface area is 269 Å². The summed E-state index contributed by atoms with van der Waals surface area (Å²) < 4.78 is 31.4. The van der Waals surface area contributed by atoms with Gasteiger partial charge in [0.25, 0.3) is 10.0 Å². The van der Waals surface area contributed by atoms with E-state index in [0.717, 1.165) is 35.4 Å². The molecule has 0 atom stereocenters. The van der Waals surface area contributed by atoms with Crippen LogP contribution in [-0.4, -0.2) is 27.7 Å². The van der Waals surface area contributed by atoms with Gasteiger partial charge in [0.15, 0.2) is 0 Å². The Kier molecular flexibility index (Phi) is 9.60. The molecule has 45 heavy (non-hydrogen) atoms. The fourth-order valence-corrected chi connectivity index (χ4v) is 6.26. The number of benzene rings is 3. The largest absolute Gasteiger partial charge is 0.346 e. The highest BCUT2D eigenvalue weighted by Gasteiger charge is 2.17. The van der Waals surface area contributed by atoms with Crippen LogP contribution in [0.3, 0.4) is 0 Å². The normalized spacial score (nSPS) is 11.9. The fraction of sp³-hybridized carbons (Fsp3) is 0.286. The van der Waals surface area contributed by atoms with Crippen LogP contribution in [0.15, 0.2) is 101 Å². The molecule has 2 aromatic heterocycles. The van der Waals surface area contributed by atoms with Crippen LogP contribution in [0.5, 0.6) is 0 Å². The Morgan fingerprint density at radius 2 is 1.51 bits per heavy atom. The number of nitrogens with zero attached hydrogens (tertiary/aromatic N) is 4. The summed E-state index contributed by atoms with van der Waals surface area (Å²) in [6.45, 7) is 9.55. The van der Waals surface area contributed by atoms with Gasteiger partial charge in [0.1, 0.15) is 11.6 Å². The van der Waals surface area contributed by atoms with Crippen molar-refractivity contribution in [2.45, 2.75) is 70.4 Å². The lowest BCUT2D eigenvalue weighted by Crippen LogP contribution is -2.25. The van der Waals surface area contributed by atoms with Gasteiger partial charge in [-0.3, -0.25) is 9.29 Å². The van der Waals surface area contributed by atoms with Gasteiger partial charge in [0.05, 0.1) is 17.1 Å². The van der Waals surface area contributed by atoms with E-state index in [2.05, 4.69) is 54.7 Å². The van der Waals surface area contributed by atoms with Crippen molar-refractivity contribution in [3.63, 3.8) is 0 Å². The lowest BCUT2D eigenvalue weighted by Gasteiger charge is -2.19. The van der Waals surface area contributed by atoms with Crippen LogP contribution < -0.4 is 10.4 Å². The van der Waals surface area contributed by atoms with Crippen LogP contribution in [0.4, 0.5) is 5.82 Å². The summed E-state index contributed by atoms with van der Waals surface area (Å²) >= 11 is 5.89. The number of halogens is 1. The van der Waals surface area contributed by atoms with E-state index in [9.17, 15) is 13.2 Å². The molecule has 0 aliphatic carbocycles. The maximum absolute atomic E-state index is 13.1. The Morgan fingerprint density at radius 3 is 2.16 bits per heavy atom. The minimum Gasteiger partial charge on any atom is -0.279 e. The lowest BCUT2D eigenvalue weighted by molar-refractivity contribution is 0.588. The molecular formula is C35H38ClN5O3S. The van der Waals surface area contributed by atoms with Crippen molar-refractivity contribution < 1.29 is 8.42 Å². The summed E-state index contributed by atoms with van der Waals surface area (Å²) in [4.78, 5) is 17.7. The van der Waals surface area contributed by atoms with Crippen molar-refractivity contribution >= 4 is 27.4 Å². The second-order valence-electron chi connectivity index (χ2n) is 12.1. The third-order valence-corrected chi connectivity index (χ3v) is 9.32. The van der Waals surface area contributed by atoms with E-state index < -0.39 is 10.0 Å². The summed E-state index contributed by atoms with van der Waals surface area (Å²) in [6.07, 6.45) is 2.36. The van der Waals surface area contributed by atoms with Gasteiger partial charge in [0.2, 0.25) is 0 Å². The molecular weight excluding hydrogens is 606 g/mol. The fourth-order valence-electron chi connectivity index (χ4n) is 5.13. The lowest BCUT2D eigenvalue weighted by atomic mass is 9.87. The third-order valence-electron chi connectivity index (χ3n) is 7.70. The molecule has 0 saturated heterocycles. The van der Waals surface area contributed by atoms with Crippen molar-refractivity contribution in [2.24, 2.45) is 0 Å². The minimum absolute atomic E-state index is 0.0797. The van der Waals surface area contributed by atoms with Crippen LogP contribution in [0, 0.1) is 0 Å². The predicted molar refractivity (Wildman–Crippen MR) is 180 cm³/mol. The minimum atomic E-state index is -3.80. The summed E-state index contributed by atoms with van der Waals surface area (Å²) in [5, 5.41) is 5.15. The first kappa shape index (κ1) is 32.2. The SMILES string of the molecule is CCn1c(CCCc2ccc(-c3cccc(NS(=O)(=O)c4ccc(Cl)cc4)n3)cc2)nn(Cc2ccc(C(C)(C)C)cc2)c1=O. The molecule has 0 unspecified atom stereocenters. The number of sulfonamides is 1. The maximum Gasteiger partial charge on any atom is 0.346 e. The summed E-state index contributed by atoms with van der Waals surface area (Å²) in [5.74, 6) is 1.03. The van der Waals surface area contributed by atoms with Crippen LogP contribution in [0.2, 0.25) is 5.02 Å². The zero-order chi connectivity index (χ0) is 32.2. The first-order valence-corrected chi connectivity index (χ1v) is 16.9. The molecule has 2 heterocycles. The Bertz CT molecular complexity index is 1920. The standard InChI is InChI=1S/C35H38ClN5O3S/c1-5-40-33(38-41(34(40)42)24-26-14-18-28(19-15-26)35(2,3)4)11-6-8-25-12-16-27(17-13-25)31-9-7-10-32(37-31)39-45(43,44)30-22-20-29(36)21-23-30/h7,9-10,12-23H,5-6,8,11,24H2,1-4H3,(H,37,39). The molecule has 234 valence electrons. The first-order valence-electron chi connectivity index (χ1n) is 15.0. The molecule has 0 radical (unpaired) electrons. The third kappa shape index (κ3) is 7.90. The van der Waals surface area contributed by atoms with Crippen LogP contribution in [0.25, 0.3) is 11.3 Å². The molecule has 8 nitrogen and oxygen atoms in total. The number of rotatable bonds is 11. The highest BCUT2D eigenvalue weighted by molar-refractivity contribution is 7.92. The van der Waals surface area contributed by atoms with E-state index in [1.165, 1.54) is 29.8 Å². The quantitative estimate of drug-likeness (QED) is 0.166.